The van der Waals surface area contributed by atoms with E-state index in [0.29, 0.717) is 19.1 Å². The second-order valence-electron chi connectivity index (χ2n) is 5.56. The zero-order chi connectivity index (χ0) is 15.1. The number of carbonyl (C=O) groups is 2. The maximum Gasteiger partial charge on any atom is 0.317 e. The number of aliphatic carboxylic acids is 1. The fraction of sp³-hybridized carbons (Fsp3) is 0.857. The second-order valence-corrected chi connectivity index (χ2v) is 5.56. The number of carboxylic acids is 1. The van der Waals surface area contributed by atoms with Crippen LogP contribution >= 0.6 is 0 Å². The molecule has 0 saturated carbocycles. The Morgan fingerprint density at radius 2 is 1.90 bits per heavy atom. The smallest absolute Gasteiger partial charge is 0.317 e. The van der Waals surface area contributed by atoms with Gasteiger partial charge in [-0.25, -0.2) is 4.79 Å². The van der Waals surface area contributed by atoms with Crippen molar-refractivity contribution in [2.45, 2.75) is 39.7 Å². The first-order valence-corrected chi connectivity index (χ1v) is 7.45. The van der Waals surface area contributed by atoms with Gasteiger partial charge in [0, 0.05) is 25.7 Å². The van der Waals surface area contributed by atoms with E-state index in [1.165, 1.54) is 12.8 Å². The molecule has 20 heavy (non-hydrogen) atoms. The molecule has 6 heteroatoms. The highest BCUT2D eigenvalue weighted by Crippen LogP contribution is 2.10. The first kappa shape index (κ1) is 16.8. The van der Waals surface area contributed by atoms with Gasteiger partial charge in [0.2, 0.25) is 0 Å². The SMILES string of the molecule is CCN(CC(C)C(=O)O)C(=O)NCC(C)N1CCCC1. The Bertz CT molecular complexity index is 330. The third-order valence-corrected chi connectivity index (χ3v) is 3.90. The number of likely N-dealkylation sites (tertiary alicyclic amines) is 1. The molecule has 0 aromatic rings. The summed E-state index contributed by atoms with van der Waals surface area (Å²) in [6.07, 6.45) is 2.46. The minimum absolute atomic E-state index is 0.174. The van der Waals surface area contributed by atoms with Crippen molar-refractivity contribution >= 4 is 12.0 Å². The quantitative estimate of drug-likeness (QED) is 0.738. The van der Waals surface area contributed by atoms with Gasteiger partial charge in [-0.05, 0) is 39.8 Å². The lowest BCUT2D eigenvalue weighted by Crippen LogP contribution is -2.47. The zero-order valence-corrected chi connectivity index (χ0v) is 12.8. The molecule has 1 fully saturated rings. The summed E-state index contributed by atoms with van der Waals surface area (Å²) in [6, 6.07) is 0.156. The highest BCUT2D eigenvalue weighted by molar-refractivity contribution is 5.75. The van der Waals surface area contributed by atoms with Gasteiger partial charge in [-0.15, -0.1) is 0 Å². The van der Waals surface area contributed by atoms with Crippen molar-refractivity contribution in [1.29, 1.82) is 0 Å². The number of carbonyl (C=O) groups excluding carboxylic acids is 1. The number of nitrogens with zero attached hydrogens (tertiary/aromatic N) is 2. The molecule has 0 bridgehead atoms. The molecule has 0 aliphatic carbocycles. The molecular formula is C14H27N3O3. The maximum absolute atomic E-state index is 12.1. The summed E-state index contributed by atoms with van der Waals surface area (Å²) < 4.78 is 0. The van der Waals surface area contributed by atoms with E-state index in [0.717, 1.165) is 13.1 Å². The summed E-state index contributed by atoms with van der Waals surface area (Å²) in [5, 5.41) is 11.8. The van der Waals surface area contributed by atoms with Crippen LogP contribution < -0.4 is 5.32 Å². The molecule has 0 spiro atoms. The predicted molar refractivity (Wildman–Crippen MR) is 77.7 cm³/mol. The van der Waals surface area contributed by atoms with Gasteiger partial charge in [-0.2, -0.15) is 0 Å². The van der Waals surface area contributed by atoms with Crippen LogP contribution in [-0.2, 0) is 4.79 Å². The highest BCUT2D eigenvalue weighted by atomic mass is 16.4. The van der Waals surface area contributed by atoms with Crippen molar-refractivity contribution in [3.8, 4) is 0 Å². The Labute approximate surface area is 121 Å². The number of hydrogen-bond acceptors (Lipinski definition) is 3. The Morgan fingerprint density at radius 3 is 2.40 bits per heavy atom. The standard InChI is InChI=1S/C14H27N3O3/c1-4-16(10-11(2)13(18)19)14(20)15-9-12(3)17-7-5-6-8-17/h11-12H,4-10H2,1-3H3,(H,15,20)(H,18,19). The van der Waals surface area contributed by atoms with Crippen molar-refractivity contribution in [2.24, 2.45) is 5.92 Å². The van der Waals surface area contributed by atoms with E-state index in [1.54, 1.807) is 11.8 Å². The Hall–Kier alpha value is -1.30. The van der Waals surface area contributed by atoms with Crippen LogP contribution in [0.3, 0.4) is 0 Å². The average molecular weight is 285 g/mol. The highest BCUT2D eigenvalue weighted by Gasteiger charge is 2.21. The Morgan fingerprint density at radius 1 is 1.30 bits per heavy atom. The van der Waals surface area contributed by atoms with Gasteiger partial charge in [-0.3, -0.25) is 9.69 Å². The molecule has 116 valence electrons. The summed E-state index contributed by atoms with van der Waals surface area (Å²) in [4.78, 5) is 26.8. The van der Waals surface area contributed by atoms with Crippen molar-refractivity contribution < 1.29 is 14.7 Å². The molecule has 2 unspecified atom stereocenters. The minimum Gasteiger partial charge on any atom is -0.481 e. The maximum atomic E-state index is 12.1. The minimum atomic E-state index is -0.873. The summed E-state index contributed by atoms with van der Waals surface area (Å²) >= 11 is 0. The number of nitrogens with one attached hydrogen (secondary N) is 1. The summed E-state index contributed by atoms with van der Waals surface area (Å²) in [5.74, 6) is -1.42. The lowest BCUT2D eigenvalue weighted by molar-refractivity contribution is -0.141. The van der Waals surface area contributed by atoms with Gasteiger partial charge in [0.1, 0.15) is 0 Å². The summed E-state index contributed by atoms with van der Waals surface area (Å²) in [7, 11) is 0. The normalized spacial score (nSPS) is 18.6. The van der Waals surface area contributed by atoms with E-state index >= 15 is 0 Å². The molecule has 1 rings (SSSR count). The molecule has 1 aliphatic heterocycles. The van der Waals surface area contributed by atoms with Crippen molar-refractivity contribution in [3.05, 3.63) is 0 Å². The molecule has 2 amide bonds. The summed E-state index contributed by atoms with van der Waals surface area (Å²) in [5.41, 5.74) is 0. The second kappa shape index (κ2) is 8.09. The molecule has 1 saturated heterocycles. The molecule has 1 heterocycles. The zero-order valence-electron chi connectivity index (χ0n) is 12.8. The van der Waals surface area contributed by atoms with Crippen molar-refractivity contribution in [3.63, 3.8) is 0 Å². The monoisotopic (exact) mass is 285 g/mol. The van der Waals surface area contributed by atoms with E-state index in [1.807, 2.05) is 6.92 Å². The van der Waals surface area contributed by atoms with Gasteiger partial charge in [-0.1, -0.05) is 6.92 Å². The van der Waals surface area contributed by atoms with Crippen LogP contribution in [-0.4, -0.2) is 65.7 Å². The molecular weight excluding hydrogens is 258 g/mol. The molecule has 0 radical (unpaired) electrons. The fourth-order valence-electron chi connectivity index (χ4n) is 2.42. The Balaban J connectivity index is 2.36. The molecule has 0 aromatic carbocycles. The topological polar surface area (TPSA) is 72.9 Å². The lowest BCUT2D eigenvalue weighted by Gasteiger charge is -2.27. The molecule has 0 aromatic heterocycles. The van der Waals surface area contributed by atoms with Crippen LogP contribution in [0.4, 0.5) is 4.79 Å². The first-order chi connectivity index (χ1) is 9.45. The first-order valence-electron chi connectivity index (χ1n) is 7.45. The Kier molecular flexibility index (Phi) is 6.78. The number of carboxylic acid groups (broad SMARTS) is 1. The van der Waals surface area contributed by atoms with Crippen LogP contribution in [0.5, 0.6) is 0 Å². The number of amides is 2. The van der Waals surface area contributed by atoms with Crippen LogP contribution in [0.15, 0.2) is 0 Å². The largest absolute Gasteiger partial charge is 0.481 e. The van der Waals surface area contributed by atoms with E-state index in [-0.39, 0.29) is 12.6 Å². The third-order valence-electron chi connectivity index (χ3n) is 3.90. The van der Waals surface area contributed by atoms with Crippen molar-refractivity contribution in [2.75, 3.05) is 32.7 Å². The summed E-state index contributed by atoms with van der Waals surface area (Å²) in [6.45, 7) is 9.16. The van der Waals surface area contributed by atoms with Gasteiger partial charge in [0.05, 0.1) is 5.92 Å². The average Bonchev–Trinajstić information content (AvgIpc) is 2.95. The third kappa shape index (κ3) is 5.00. The van der Waals surface area contributed by atoms with Crippen molar-refractivity contribution in [1.82, 2.24) is 15.1 Å². The molecule has 1 aliphatic rings. The lowest BCUT2D eigenvalue weighted by atomic mass is 10.2. The number of urea groups is 1. The van der Waals surface area contributed by atoms with E-state index in [2.05, 4.69) is 17.1 Å². The van der Waals surface area contributed by atoms with E-state index in [9.17, 15) is 9.59 Å². The van der Waals surface area contributed by atoms with Crippen LogP contribution in [0.1, 0.15) is 33.6 Å². The van der Waals surface area contributed by atoms with Gasteiger partial charge < -0.3 is 15.3 Å². The molecule has 2 atom stereocenters. The van der Waals surface area contributed by atoms with E-state index in [4.69, 9.17) is 5.11 Å². The molecule has 2 N–H and O–H groups in total. The van der Waals surface area contributed by atoms with Gasteiger partial charge in [0.15, 0.2) is 0 Å². The van der Waals surface area contributed by atoms with Crippen LogP contribution in [0, 0.1) is 5.92 Å². The molecule has 6 nitrogen and oxygen atoms in total. The predicted octanol–water partition coefficient (Wildman–Crippen LogP) is 1.22. The van der Waals surface area contributed by atoms with Gasteiger partial charge in [0.25, 0.3) is 0 Å². The van der Waals surface area contributed by atoms with E-state index < -0.39 is 11.9 Å². The van der Waals surface area contributed by atoms with Crippen LogP contribution in [0.2, 0.25) is 0 Å². The van der Waals surface area contributed by atoms with Crippen LogP contribution in [0.25, 0.3) is 0 Å². The number of rotatable bonds is 7. The number of hydrogen-bond donors (Lipinski definition) is 2. The van der Waals surface area contributed by atoms with Gasteiger partial charge >= 0.3 is 12.0 Å². The fourth-order valence-corrected chi connectivity index (χ4v) is 2.42.